The van der Waals surface area contributed by atoms with Gasteiger partial charge in [0.1, 0.15) is 23.7 Å². The largest absolute Gasteiger partial charge is 0.494 e. The molecule has 4 N–H and O–H groups in total. The van der Waals surface area contributed by atoms with Crippen molar-refractivity contribution in [1.29, 1.82) is 0 Å². The number of amides is 4. The third-order valence-corrected chi connectivity index (χ3v) is 13.1. The van der Waals surface area contributed by atoms with Crippen LogP contribution in [-0.4, -0.2) is 100 Å². The lowest BCUT2D eigenvalue weighted by molar-refractivity contribution is -0.136. The second-order valence-corrected chi connectivity index (χ2v) is 17.7. The number of anilines is 1. The van der Waals surface area contributed by atoms with Gasteiger partial charge in [-0.2, -0.15) is 0 Å². The zero-order valence-electron chi connectivity index (χ0n) is 37.4. The highest BCUT2D eigenvalue weighted by Gasteiger charge is 2.40. The minimum Gasteiger partial charge on any atom is -0.494 e. The maximum absolute atomic E-state index is 15.5. The number of ether oxygens (including phenoxy) is 3. The van der Waals surface area contributed by atoms with E-state index in [9.17, 15) is 19.2 Å². The van der Waals surface area contributed by atoms with E-state index in [0.29, 0.717) is 30.4 Å². The number of methoxy groups -OCH3 is 3. The van der Waals surface area contributed by atoms with Crippen LogP contribution in [0.1, 0.15) is 113 Å². The second-order valence-electron chi connectivity index (χ2n) is 17.7. The number of aromatic amines is 2. The Labute approximate surface area is 371 Å². The quantitative estimate of drug-likeness (QED) is 0.0965. The number of carbonyl (C=O) groups is 4. The van der Waals surface area contributed by atoms with Crippen molar-refractivity contribution in [2.45, 2.75) is 102 Å². The van der Waals surface area contributed by atoms with Gasteiger partial charge in [-0.1, -0.05) is 39.8 Å². The van der Waals surface area contributed by atoms with Gasteiger partial charge in [-0.3, -0.25) is 9.59 Å². The molecule has 3 aromatic carbocycles. The number of hydrogen-bond donors (Lipinski definition) is 4. The van der Waals surface area contributed by atoms with Crippen LogP contribution in [0.3, 0.4) is 0 Å². The molecule has 3 aliphatic heterocycles. The Bertz CT molecular complexity index is 2390. The third kappa shape index (κ3) is 8.51. The number of benzene rings is 3. The Morgan fingerprint density at radius 2 is 1.12 bits per heavy atom. The highest BCUT2D eigenvalue weighted by atomic mass is 19.1. The summed E-state index contributed by atoms with van der Waals surface area (Å²) < 4.78 is 30.4. The van der Waals surface area contributed by atoms with Crippen LogP contribution in [-0.2, 0) is 19.1 Å². The Hall–Kier alpha value is -6.39. The number of nitrogens with zero attached hydrogens (tertiary/aromatic N) is 5. The number of carbonyl (C=O) groups excluding carboxylic acids is 4. The molecule has 340 valence electrons. The molecule has 3 aliphatic rings. The van der Waals surface area contributed by atoms with Gasteiger partial charge in [-0.05, 0) is 97.9 Å². The summed E-state index contributed by atoms with van der Waals surface area (Å²) in [5.74, 6) is 0.435. The van der Waals surface area contributed by atoms with E-state index < -0.39 is 30.1 Å². The van der Waals surface area contributed by atoms with Gasteiger partial charge in [-0.25, -0.2) is 23.9 Å². The van der Waals surface area contributed by atoms with E-state index in [1.54, 1.807) is 15.9 Å². The van der Waals surface area contributed by atoms with Crippen LogP contribution in [0.25, 0.3) is 22.1 Å². The van der Waals surface area contributed by atoms with Gasteiger partial charge in [0.2, 0.25) is 11.8 Å². The fourth-order valence-electron chi connectivity index (χ4n) is 9.85. The summed E-state index contributed by atoms with van der Waals surface area (Å²) in [6, 6.07) is 15.1. The van der Waals surface area contributed by atoms with Crippen molar-refractivity contribution in [1.82, 2.24) is 40.4 Å². The van der Waals surface area contributed by atoms with Crippen LogP contribution >= 0.6 is 0 Å². The first-order valence-corrected chi connectivity index (χ1v) is 22.2. The molecule has 3 saturated heterocycles. The van der Waals surface area contributed by atoms with Crippen molar-refractivity contribution in [3.05, 3.63) is 83.2 Å². The number of hydrogen-bond acceptors (Lipinski definition) is 10. The molecule has 0 aliphatic carbocycles. The number of aromatic nitrogens is 4. The molecule has 16 nitrogen and oxygen atoms in total. The van der Waals surface area contributed by atoms with Gasteiger partial charge in [0.05, 0.1) is 67.6 Å². The number of rotatable bonds is 12. The van der Waals surface area contributed by atoms with E-state index in [1.807, 2.05) is 45.9 Å². The van der Waals surface area contributed by atoms with Crippen LogP contribution in [0.2, 0.25) is 0 Å². The van der Waals surface area contributed by atoms with Gasteiger partial charge in [0.15, 0.2) is 11.6 Å². The van der Waals surface area contributed by atoms with E-state index >= 15 is 4.39 Å². The molecule has 1 unspecified atom stereocenters. The topological polar surface area (TPSA) is 187 Å². The summed E-state index contributed by atoms with van der Waals surface area (Å²) >= 11 is 0. The molecule has 6 atom stereocenters. The summed E-state index contributed by atoms with van der Waals surface area (Å²) in [6.07, 6.45) is 3.33. The molecule has 4 amide bonds. The maximum Gasteiger partial charge on any atom is 0.407 e. The summed E-state index contributed by atoms with van der Waals surface area (Å²) in [5.41, 5.74) is 5.96. The van der Waals surface area contributed by atoms with Gasteiger partial charge in [0, 0.05) is 24.8 Å². The summed E-state index contributed by atoms with van der Waals surface area (Å²) in [6.45, 7) is 8.66. The Morgan fingerprint density at radius 3 is 1.53 bits per heavy atom. The number of H-pyrrole nitrogens is 2. The Kier molecular flexibility index (Phi) is 12.7. The molecular weight excluding hydrogens is 822 g/mol. The van der Waals surface area contributed by atoms with Gasteiger partial charge in [0.25, 0.3) is 0 Å². The average molecular weight is 880 g/mol. The molecule has 5 aromatic rings. The van der Waals surface area contributed by atoms with Gasteiger partial charge in [-0.15, -0.1) is 0 Å². The minimum absolute atomic E-state index is 0.131. The molecule has 5 heterocycles. The molecule has 3 fully saturated rings. The minimum atomic E-state index is -0.738. The lowest BCUT2D eigenvalue weighted by Gasteiger charge is -2.33. The number of fused-ring (bicyclic) bond motifs is 2. The van der Waals surface area contributed by atoms with E-state index in [0.717, 1.165) is 71.7 Å². The number of imidazole rings is 2. The highest BCUT2D eigenvalue weighted by Crippen LogP contribution is 2.48. The van der Waals surface area contributed by atoms with Crippen LogP contribution in [0.15, 0.2) is 54.6 Å². The maximum atomic E-state index is 15.5. The SMILES string of the molecule is COC(=O)NC(C(=O)N1CCC[C@H]1c1nc2ccc([C@H]3CC[C@H](c4ccc5nc([C@@H]6CCCN6C(=O)[C@@H](NC(=O)OC)C(C)C)[nH]c5c4)N3c3ccc(OC)c(F)c3)cc2[nH]1)C(C)C. The Morgan fingerprint density at radius 1 is 0.656 bits per heavy atom. The predicted octanol–water partition coefficient (Wildman–Crippen LogP) is 7.76. The summed E-state index contributed by atoms with van der Waals surface area (Å²) in [5, 5.41) is 5.42. The van der Waals surface area contributed by atoms with Crippen molar-refractivity contribution in [3.8, 4) is 5.75 Å². The molecule has 0 bridgehead atoms. The lowest BCUT2D eigenvalue weighted by Crippen LogP contribution is -2.51. The molecule has 64 heavy (non-hydrogen) atoms. The van der Waals surface area contributed by atoms with Gasteiger partial charge >= 0.3 is 12.2 Å². The third-order valence-electron chi connectivity index (χ3n) is 13.1. The smallest absolute Gasteiger partial charge is 0.407 e. The lowest BCUT2D eigenvalue weighted by atomic mass is 10.0. The van der Waals surface area contributed by atoms with Crippen molar-refractivity contribution < 1.29 is 37.8 Å². The molecule has 8 rings (SSSR count). The highest BCUT2D eigenvalue weighted by molar-refractivity contribution is 5.87. The predicted molar refractivity (Wildman–Crippen MR) is 238 cm³/mol. The molecule has 0 saturated carbocycles. The van der Waals surface area contributed by atoms with Crippen molar-refractivity contribution in [3.63, 3.8) is 0 Å². The molecule has 2 aromatic heterocycles. The van der Waals surface area contributed by atoms with E-state index in [1.165, 1.54) is 27.4 Å². The Balaban J connectivity index is 1.08. The van der Waals surface area contributed by atoms with Crippen molar-refractivity contribution in [2.75, 3.05) is 39.3 Å². The number of alkyl carbamates (subject to hydrolysis) is 2. The second kappa shape index (κ2) is 18.4. The molecule has 17 heteroatoms. The fourth-order valence-corrected chi connectivity index (χ4v) is 9.85. The first-order chi connectivity index (χ1) is 30.8. The summed E-state index contributed by atoms with van der Waals surface area (Å²) in [4.78, 5) is 74.8. The number of nitrogens with one attached hydrogen (secondary N) is 4. The van der Waals surface area contributed by atoms with E-state index in [-0.39, 0.29) is 53.6 Å². The van der Waals surface area contributed by atoms with Gasteiger partial charge < -0.3 is 49.5 Å². The van der Waals surface area contributed by atoms with E-state index in [4.69, 9.17) is 24.2 Å². The summed E-state index contributed by atoms with van der Waals surface area (Å²) in [7, 11) is 4.01. The standard InChI is InChI=1S/C47H58FN9O7/c1-25(2)40(53-46(60)63-6)44(58)55-20-8-10-37(55)42-49-31-15-12-27(22-33(31)51-42)35-17-18-36(57(35)29-14-19-39(62-5)30(48)24-29)28-13-16-32-34(23-28)52-43(50-32)38-11-9-21-56(38)45(59)41(26(3)4)54-47(61)64-7/h12-16,19,22-26,35-38,40-41H,8-11,17-18,20-21H2,1-7H3,(H,49,51)(H,50,52)(H,53,60)(H,54,61)/t35-,36-,37+,38+,40+,41?/m1/s1. The monoisotopic (exact) mass is 879 g/mol. The van der Waals surface area contributed by atoms with Crippen molar-refractivity contribution in [2.24, 2.45) is 11.8 Å². The van der Waals surface area contributed by atoms with E-state index in [2.05, 4.69) is 49.8 Å². The first-order valence-electron chi connectivity index (χ1n) is 22.2. The molecular formula is C47H58FN9O7. The normalized spacial score (nSPS) is 20.9. The molecule has 0 spiro atoms. The number of likely N-dealkylation sites (tertiary alicyclic amines) is 2. The molecule has 0 radical (unpaired) electrons. The van der Waals surface area contributed by atoms with Crippen LogP contribution < -0.4 is 20.3 Å². The van der Waals surface area contributed by atoms with Crippen LogP contribution in [0, 0.1) is 17.7 Å². The number of halogens is 1. The zero-order chi connectivity index (χ0) is 45.4. The van der Waals surface area contributed by atoms with Crippen LogP contribution in [0.4, 0.5) is 19.7 Å². The average Bonchev–Trinajstić information content (AvgIpc) is 4.14. The fraction of sp³-hybridized carbons (Fsp3) is 0.489. The van der Waals surface area contributed by atoms with Crippen LogP contribution in [0.5, 0.6) is 5.75 Å². The zero-order valence-corrected chi connectivity index (χ0v) is 37.4. The first kappa shape index (κ1) is 44.2. The van der Waals surface area contributed by atoms with Crippen molar-refractivity contribution >= 4 is 51.8 Å².